The van der Waals surface area contributed by atoms with Gasteiger partial charge in [0.25, 0.3) is 0 Å². The van der Waals surface area contributed by atoms with Crippen LogP contribution in [0.25, 0.3) is 21.9 Å². The molecule has 0 heterocycles. The molecule has 1 saturated carbocycles. The fourth-order valence-electron chi connectivity index (χ4n) is 5.45. The van der Waals surface area contributed by atoms with Crippen LogP contribution in [0.4, 0.5) is 13.2 Å². The second-order valence-electron chi connectivity index (χ2n) is 9.78. The summed E-state index contributed by atoms with van der Waals surface area (Å²) in [5, 5.41) is 0.124. The highest BCUT2D eigenvalue weighted by Gasteiger charge is 2.23. The van der Waals surface area contributed by atoms with Gasteiger partial charge in [0.15, 0.2) is 11.6 Å². The molecule has 3 aromatic rings. The summed E-state index contributed by atoms with van der Waals surface area (Å²) >= 11 is 0. The van der Waals surface area contributed by atoms with E-state index in [2.05, 4.69) is 19.1 Å². The van der Waals surface area contributed by atoms with E-state index in [1.165, 1.54) is 37.7 Å². The first-order chi connectivity index (χ1) is 17.0. The first-order valence-electron chi connectivity index (χ1n) is 12.9. The zero-order valence-corrected chi connectivity index (χ0v) is 20.8. The third kappa shape index (κ3) is 5.72. The average Bonchev–Trinajstić information content (AvgIpc) is 2.88. The molecule has 0 saturated heterocycles. The zero-order valence-electron chi connectivity index (χ0n) is 20.8. The Bertz CT molecular complexity index is 1200. The summed E-state index contributed by atoms with van der Waals surface area (Å²) in [4.78, 5) is 0. The number of allylic oxidation sites excluding steroid dienone is 4. The van der Waals surface area contributed by atoms with Crippen molar-refractivity contribution in [3.63, 3.8) is 0 Å². The standard InChI is InChI=1S/C32H35F3/c1-3-5-7-9-22-11-13-23(14-12-22)24-15-17-25(18-16-24)28-21-27-20-19-26(10-8-6-4-2)30(33)29(27)32(35)31(28)34/h3-6,15-23H,7-14H2,1-2H3/b5-3+,6-4+. The lowest BCUT2D eigenvalue weighted by molar-refractivity contribution is 0.312. The number of rotatable bonds is 8. The van der Waals surface area contributed by atoms with E-state index in [1.54, 1.807) is 18.2 Å². The van der Waals surface area contributed by atoms with E-state index in [4.69, 9.17) is 0 Å². The van der Waals surface area contributed by atoms with Crippen molar-refractivity contribution in [2.75, 3.05) is 0 Å². The number of aryl methyl sites for hydroxylation is 1. The van der Waals surface area contributed by atoms with Gasteiger partial charge in [-0.05, 0) is 105 Å². The van der Waals surface area contributed by atoms with Crippen molar-refractivity contribution in [2.24, 2.45) is 5.92 Å². The Morgan fingerprint density at radius 2 is 1.46 bits per heavy atom. The molecule has 0 radical (unpaired) electrons. The van der Waals surface area contributed by atoms with Crippen molar-refractivity contribution >= 4 is 10.8 Å². The molecule has 0 nitrogen and oxygen atoms in total. The fourth-order valence-corrected chi connectivity index (χ4v) is 5.45. The molecule has 0 N–H and O–H groups in total. The van der Waals surface area contributed by atoms with Crippen LogP contribution in [0, 0.1) is 23.4 Å². The predicted octanol–water partition coefficient (Wildman–Crippen LogP) is 10.1. The molecule has 1 aliphatic rings. The molecule has 1 aliphatic carbocycles. The van der Waals surface area contributed by atoms with Crippen molar-refractivity contribution < 1.29 is 13.2 Å². The molecular formula is C32H35F3. The highest BCUT2D eigenvalue weighted by Crippen LogP contribution is 2.39. The molecule has 3 aromatic carbocycles. The second kappa shape index (κ2) is 11.7. The van der Waals surface area contributed by atoms with Crippen molar-refractivity contribution in [3.8, 4) is 11.1 Å². The van der Waals surface area contributed by atoms with Crippen LogP contribution in [-0.4, -0.2) is 0 Å². The van der Waals surface area contributed by atoms with Crippen LogP contribution in [-0.2, 0) is 6.42 Å². The van der Waals surface area contributed by atoms with Crippen LogP contribution in [0.15, 0.2) is 66.8 Å². The molecule has 0 atom stereocenters. The molecule has 0 aliphatic heterocycles. The molecule has 4 rings (SSSR count). The molecule has 35 heavy (non-hydrogen) atoms. The maximum Gasteiger partial charge on any atom is 0.170 e. The van der Waals surface area contributed by atoms with E-state index in [9.17, 15) is 0 Å². The Balaban J connectivity index is 1.52. The van der Waals surface area contributed by atoms with Crippen LogP contribution >= 0.6 is 0 Å². The Hall–Kier alpha value is -2.81. The number of fused-ring (bicyclic) bond motifs is 1. The molecule has 1 fully saturated rings. The lowest BCUT2D eigenvalue weighted by Crippen LogP contribution is -2.13. The van der Waals surface area contributed by atoms with Crippen LogP contribution in [0.2, 0.25) is 0 Å². The minimum Gasteiger partial charge on any atom is -0.206 e. The Morgan fingerprint density at radius 1 is 0.771 bits per heavy atom. The fraction of sp³-hybridized carbons (Fsp3) is 0.375. The molecule has 0 aromatic heterocycles. The Labute approximate surface area is 207 Å². The average molecular weight is 477 g/mol. The molecule has 0 unspecified atom stereocenters. The van der Waals surface area contributed by atoms with Gasteiger partial charge in [-0.15, -0.1) is 0 Å². The number of hydrogen-bond acceptors (Lipinski definition) is 0. The van der Waals surface area contributed by atoms with Gasteiger partial charge in [-0.1, -0.05) is 60.7 Å². The van der Waals surface area contributed by atoms with Gasteiger partial charge >= 0.3 is 0 Å². The van der Waals surface area contributed by atoms with Gasteiger partial charge in [0.2, 0.25) is 0 Å². The van der Waals surface area contributed by atoms with Crippen LogP contribution < -0.4 is 0 Å². The molecule has 3 heteroatoms. The second-order valence-corrected chi connectivity index (χ2v) is 9.78. The Kier molecular flexibility index (Phi) is 8.49. The van der Waals surface area contributed by atoms with E-state index in [0.29, 0.717) is 35.3 Å². The highest BCUT2D eigenvalue weighted by atomic mass is 19.2. The SMILES string of the molecule is C/C=C/CCc1ccc2cc(-c3ccc(C4CCC(CC/C=C/C)CC4)cc3)c(F)c(F)c2c1F. The maximum atomic E-state index is 15.1. The lowest BCUT2D eigenvalue weighted by Gasteiger charge is -2.28. The largest absolute Gasteiger partial charge is 0.206 e. The van der Waals surface area contributed by atoms with Gasteiger partial charge in [-0.2, -0.15) is 0 Å². The smallest absolute Gasteiger partial charge is 0.170 e. The van der Waals surface area contributed by atoms with Gasteiger partial charge in [0, 0.05) is 5.56 Å². The first kappa shape index (κ1) is 25.3. The third-order valence-corrected chi connectivity index (χ3v) is 7.54. The normalized spacial score (nSPS) is 18.8. The Morgan fingerprint density at radius 3 is 2.14 bits per heavy atom. The van der Waals surface area contributed by atoms with E-state index in [-0.39, 0.29) is 10.9 Å². The van der Waals surface area contributed by atoms with Gasteiger partial charge in [-0.3, -0.25) is 0 Å². The summed E-state index contributed by atoms with van der Waals surface area (Å²) in [5.74, 6) is -1.43. The quantitative estimate of drug-likeness (QED) is 0.284. The van der Waals surface area contributed by atoms with Crippen molar-refractivity contribution in [1.82, 2.24) is 0 Å². The lowest BCUT2D eigenvalue weighted by atomic mass is 9.77. The van der Waals surface area contributed by atoms with E-state index >= 15 is 13.2 Å². The topological polar surface area (TPSA) is 0 Å². The number of benzene rings is 3. The van der Waals surface area contributed by atoms with E-state index < -0.39 is 17.5 Å². The maximum absolute atomic E-state index is 15.1. The predicted molar refractivity (Wildman–Crippen MR) is 141 cm³/mol. The van der Waals surface area contributed by atoms with Crippen LogP contribution in [0.1, 0.15) is 75.8 Å². The van der Waals surface area contributed by atoms with Gasteiger partial charge in [-0.25, -0.2) is 13.2 Å². The van der Waals surface area contributed by atoms with Crippen molar-refractivity contribution in [1.29, 1.82) is 0 Å². The van der Waals surface area contributed by atoms with Crippen molar-refractivity contribution in [2.45, 2.75) is 71.1 Å². The highest BCUT2D eigenvalue weighted by molar-refractivity contribution is 5.89. The summed E-state index contributed by atoms with van der Waals surface area (Å²) in [7, 11) is 0. The summed E-state index contributed by atoms with van der Waals surface area (Å²) in [6.45, 7) is 3.97. The van der Waals surface area contributed by atoms with Crippen LogP contribution in [0.3, 0.4) is 0 Å². The minimum atomic E-state index is -1.11. The van der Waals surface area contributed by atoms with E-state index in [0.717, 1.165) is 12.3 Å². The van der Waals surface area contributed by atoms with Gasteiger partial charge in [0.1, 0.15) is 5.82 Å². The molecule has 184 valence electrons. The third-order valence-electron chi connectivity index (χ3n) is 7.54. The van der Waals surface area contributed by atoms with Crippen LogP contribution in [0.5, 0.6) is 0 Å². The summed E-state index contributed by atoms with van der Waals surface area (Å²) in [6.07, 6.45) is 16.6. The zero-order chi connectivity index (χ0) is 24.8. The molecule has 0 amide bonds. The van der Waals surface area contributed by atoms with E-state index in [1.807, 2.05) is 43.3 Å². The monoisotopic (exact) mass is 476 g/mol. The van der Waals surface area contributed by atoms with Crippen molar-refractivity contribution in [3.05, 3.63) is 95.3 Å². The first-order valence-corrected chi connectivity index (χ1v) is 12.9. The number of hydrogen-bond donors (Lipinski definition) is 0. The number of halogens is 3. The molecular weight excluding hydrogens is 441 g/mol. The molecule has 0 spiro atoms. The summed E-state index contributed by atoms with van der Waals surface area (Å²) in [6, 6.07) is 12.8. The van der Waals surface area contributed by atoms with Gasteiger partial charge < -0.3 is 0 Å². The summed E-state index contributed by atoms with van der Waals surface area (Å²) in [5.41, 5.74) is 2.46. The van der Waals surface area contributed by atoms with Gasteiger partial charge in [0.05, 0.1) is 5.39 Å². The molecule has 0 bridgehead atoms. The summed E-state index contributed by atoms with van der Waals surface area (Å²) < 4.78 is 45.2. The minimum absolute atomic E-state index is 0.176.